The Kier molecular flexibility index (Phi) is 4.12. The van der Waals surface area contributed by atoms with E-state index in [4.69, 9.17) is 16.3 Å². The summed E-state index contributed by atoms with van der Waals surface area (Å²) in [5.74, 6) is 2.39. The van der Waals surface area contributed by atoms with Crippen molar-refractivity contribution in [3.05, 3.63) is 40.1 Å². The third-order valence-electron chi connectivity index (χ3n) is 3.34. The number of hydrogen-bond donors (Lipinski definition) is 0. The molecule has 0 amide bonds. The molecule has 0 aliphatic carbocycles. The number of aromatic nitrogens is 3. The molecule has 110 valence electrons. The van der Waals surface area contributed by atoms with E-state index in [0.29, 0.717) is 5.88 Å². The van der Waals surface area contributed by atoms with Gasteiger partial charge in [0.1, 0.15) is 11.6 Å². The summed E-state index contributed by atoms with van der Waals surface area (Å²) in [5.41, 5.74) is 2.04. The first-order valence-electron chi connectivity index (χ1n) is 6.71. The Hall–Kier alpha value is -1.59. The van der Waals surface area contributed by atoms with Crippen LogP contribution in [0.2, 0.25) is 0 Å². The van der Waals surface area contributed by atoms with E-state index in [1.54, 1.807) is 18.4 Å². The zero-order valence-corrected chi connectivity index (χ0v) is 13.5. The van der Waals surface area contributed by atoms with Gasteiger partial charge in [0.05, 0.1) is 29.7 Å². The second-order valence-electron chi connectivity index (χ2n) is 4.75. The number of benzene rings is 1. The molecular weight excluding hydrogens is 306 g/mol. The molecule has 4 nitrogen and oxygen atoms in total. The highest BCUT2D eigenvalue weighted by atomic mass is 35.5. The molecule has 2 heterocycles. The Balaban J connectivity index is 2.09. The first-order chi connectivity index (χ1) is 10.2. The second kappa shape index (κ2) is 6.03. The van der Waals surface area contributed by atoms with Crippen LogP contribution in [-0.4, -0.2) is 27.5 Å². The van der Waals surface area contributed by atoms with Crippen LogP contribution in [0.4, 0.5) is 0 Å². The normalized spacial score (nSPS) is 11.2. The van der Waals surface area contributed by atoms with Crippen LogP contribution in [0, 0.1) is 6.92 Å². The van der Waals surface area contributed by atoms with Crippen LogP contribution in [-0.2, 0) is 13.0 Å². The molecule has 0 aliphatic rings. The van der Waals surface area contributed by atoms with Gasteiger partial charge in [-0.25, -0.2) is 9.97 Å². The number of rotatable bonds is 5. The number of imidazole rings is 1. The SMILES string of the molecule is COc1ccc2nc(CCCl)n(Cc3cnc(C)s3)c2c1. The van der Waals surface area contributed by atoms with Crippen molar-refractivity contribution in [2.75, 3.05) is 13.0 Å². The number of thiazole rings is 1. The highest BCUT2D eigenvalue weighted by molar-refractivity contribution is 7.11. The van der Waals surface area contributed by atoms with Gasteiger partial charge in [0.15, 0.2) is 0 Å². The Bertz CT molecular complexity index is 765. The summed E-state index contributed by atoms with van der Waals surface area (Å²) in [6, 6.07) is 5.94. The molecule has 6 heteroatoms. The van der Waals surface area contributed by atoms with Crippen molar-refractivity contribution in [3.8, 4) is 5.75 Å². The molecule has 0 saturated heterocycles. The maximum Gasteiger partial charge on any atom is 0.121 e. The van der Waals surface area contributed by atoms with Crippen molar-refractivity contribution in [3.63, 3.8) is 0 Å². The van der Waals surface area contributed by atoms with Crippen LogP contribution in [0.5, 0.6) is 5.75 Å². The number of hydrogen-bond acceptors (Lipinski definition) is 4. The van der Waals surface area contributed by atoms with Crippen LogP contribution < -0.4 is 4.74 Å². The molecule has 21 heavy (non-hydrogen) atoms. The number of nitrogens with zero attached hydrogens (tertiary/aromatic N) is 3. The van der Waals surface area contributed by atoms with Crippen LogP contribution in [0.25, 0.3) is 11.0 Å². The predicted molar refractivity (Wildman–Crippen MR) is 86.7 cm³/mol. The third kappa shape index (κ3) is 2.89. The van der Waals surface area contributed by atoms with Gasteiger partial charge in [-0.2, -0.15) is 0 Å². The van der Waals surface area contributed by atoms with Crippen LogP contribution >= 0.6 is 22.9 Å². The van der Waals surface area contributed by atoms with Gasteiger partial charge in [-0.15, -0.1) is 22.9 Å². The lowest BCUT2D eigenvalue weighted by Gasteiger charge is -2.07. The molecule has 0 spiro atoms. The highest BCUT2D eigenvalue weighted by Crippen LogP contribution is 2.24. The molecule has 0 saturated carbocycles. The summed E-state index contributed by atoms with van der Waals surface area (Å²) >= 11 is 7.62. The molecule has 3 aromatic rings. The fourth-order valence-corrected chi connectivity index (χ4v) is 3.32. The largest absolute Gasteiger partial charge is 0.497 e. The minimum atomic E-state index is 0.558. The van der Waals surface area contributed by atoms with Gasteiger partial charge >= 0.3 is 0 Å². The minimum Gasteiger partial charge on any atom is -0.497 e. The van der Waals surface area contributed by atoms with Crippen molar-refractivity contribution >= 4 is 34.0 Å². The fraction of sp³-hybridized carbons (Fsp3) is 0.333. The molecule has 1 aromatic carbocycles. The van der Waals surface area contributed by atoms with Crippen LogP contribution in [0.3, 0.4) is 0 Å². The van der Waals surface area contributed by atoms with Crippen molar-refractivity contribution in [2.45, 2.75) is 19.9 Å². The monoisotopic (exact) mass is 321 g/mol. The third-order valence-corrected chi connectivity index (χ3v) is 4.42. The summed E-state index contributed by atoms with van der Waals surface area (Å²) in [4.78, 5) is 10.2. The first kappa shape index (κ1) is 14.4. The second-order valence-corrected chi connectivity index (χ2v) is 6.45. The lowest BCUT2D eigenvalue weighted by atomic mass is 10.3. The van der Waals surface area contributed by atoms with E-state index in [9.17, 15) is 0 Å². The molecule has 0 fully saturated rings. The van der Waals surface area contributed by atoms with Gasteiger partial charge in [0, 0.05) is 29.4 Å². The Morgan fingerprint density at radius 1 is 1.38 bits per heavy atom. The van der Waals surface area contributed by atoms with E-state index in [-0.39, 0.29) is 0 Å². The van der Waals surface area contributed by atoms with Gasteiger partial charge in [-0.05, 0) is 19.1 Å². The summed E-state index contributed by atoms with van der Waals surface area (Å²) in [6.45, 7) is 2.78. The van der Waals surface area contributed by atoms with Crippen molar-refractivity contribution < 1.29 is 4.74 Å². The molecule has 0 atom stereocenters. The summed E-state index contributed by atoms with van der Waals surface area (Å²) in [6.07, 6.45) is 2.67. The number of aryl methyl sites for hydroxylation is 2. The van der Waals surface area contributed by atoms with E-state index in [1.807, 2.05) is 31.3 Å². The molecular formula is C15H16ClN3OS. The lowest BCUT2D eigenvalue weighted by molar-refractivity contribution is 0.415. The topological polar surface area (TPSA) is 39.9 Å². The number of methoxy groups -OCH3 is 1. The molecule has 0 unspecified atom stereocenters. The molecule has 3 rings (SSSR count). The van der Waals surface area contributed by atoms with Crippen molar-refractivity contribution in [1.29, 1.82) is 0 Å². The maximum absolute atomic E-state index is 5.91. The Morgan fingerprint density at radius 3 is 2.90 bits per heavy atom. The fourth-order valence-electron chi connectivity index (χ4n) is 2.37. The average Bonchev–Trinajstić information content (AvgIpc) is 3.04. The van der Waals surface area contributed by atoms with Gasteiger partial charge < -0.3 is 9.30 Å². The van der Waals surface area contributed by atoms with Crippen molar-refractivity contribution in [1.82, 2.24) is 14.5 Å². The summed E-state index contributed by atoms with van der Waals surface area (Å²) < 4.78 is 7.53. The van der Waals surface area contributed by atoms with E-state index in [0.717, 1.165) is 40.6 Å². The summed E-state index contributed by atoms with van der Waals surface area (Å²) in [7, 11) is 1.67. The summed E-state index contributed by atoms with van der Waals surface area (Å²) in [5, 5.41) is 1.07. The molecule has 0 bridgehead atoms. The van der Waals surface area contributed by atoms with E-state index in [2.05, 4.69) is 14.5 Å². The van der Waals surface area contributed by atoms with E-state index in [1.165, 1.54) is 4.88 Å². The van der Waals surface area contributed by atoms with Gasteiger partial charge in [-0.1, -0.05) is 0 Å². The maximum atomic E-state index is 5.91. The smallest absolute Gasteiger partial charge is 0.121 e. The molecule has 2 aromatic heterocycles. The Labute approximate surface area is 132 Å². The van der Waals surface area contributed by atoms with E-state index >= 15 is 0 Å². The van der Waals surface area contributed by atoms with Gasteiger partial charge in [0.25, 0.3) is 0 Å². The molecule has 0 radical (unpaired) electrons. The van der Waals surface area contributed by atoms with E-state index < -0.39 is 0 Å². The number of alkyl halides is 1. The standard InChI is InChI=1S/C15H16ClN3OS/c1-10-17-8-12(21-10)9-19-14-7-11(20-2)3-4-13(14)18-15(19)5-6-16/h3-4,7-8H,5-6,9H2,1-2H3. The van der Waals surface area contributed by atoms with Crippen LogP contribution in [0.15, 0.2) is 24.4 Å². The molecule has 0 aliphatic heterocycles. The molecule has 0 N–H and O–H groups in total. The zero-order valence-electron chi connectivity index (χ0n) is 12.0. The lowest BCUT2D eigenvalue weighted by Crippen LogP contribution is -2.05. The number of fused-ring (bicyclic) bond motifs is 1. The van der Waals surface area contributed by atoms with Gasteiger partial charge in [0.2, 0.25) is 0 Å². The average molecular weight is 322 g/mol. The number of ether oxygens (including phenoxy) is 1. The van der Waals surface area contributed by atoms with Crippen LogP contribution in [0.1, 0.15) is 15.7 Å². The quantitative estimate of drug-likeness (QED) is 0.674. The van der Waals surface area contributed by atoms with Crippen molar-refractivity contribution in [2.24, 2.45) is 0 Å². The van der Waals surface area contributed by atoms with Gasteiger partial charge in [-0.3, -0.25) is 0 Å². The number of halogens is 1. The Morgan fingerprint density at radius 2 is 2.24 bits per heavy atom. The first-order valence-corrected chi connectivity index (χ1v) is 8.07. The minimum absolute atomic E-state index is 0.558. The predicted octanol–water partition coefficient (Wildman–Crippen LogP) is 3.64. The highest BCUT2D eigenvalue weighted by Gasteiger charge is 2.12. The zero-order chi connectivity index (χ0) is 14.8.